The van der Waals surface area contributed by atoms with Gasteiger partial charge in [-0.1, -0.05) is 13.0 Å². The van der Waals surface area contributed by atoms with Crippen LogP contribution in [0.2, 0.25) is 0 Å². The van der Waals surface area contributed by atoms with Gasteiger partial charge in [0.05, 0.1) is 21.3 Å². The molecule has 0 radical (unpaired) electrons. The second-order valence-electron chi connectivity index (χ2n) is 4.96. The van der Waals surface area contributed by atoms with Gasteiger partial charge in [-0.2, -0.15) is 5.10 Å². The van der Waals surface area contributed by atoms with Gasteiger partial charge in [0.1, 0.15) is 12.0 Å². The molecule has 3 rings (SSSR count). The summed E-state index contributed by atoms with van der Waals surface area (Å²) in [5.74, 6) is 0. The van der Waals surface area contributed by atoms with E-state index in [9.17, 15) is 0 Å². The SMILES string of the molecule is CCC(CC=C(Br)Br)n1cc(-c2ncnc3[nH]ccc23)cn1. The molecule has 114 valence electrons. The van der Waals surface area contributed by atoms with E-state index in [0.29, 0.717) is 6.04 Å². The van der Waals surface area contributed by atoms with Crippen LogP contribution >= 0.6 is 31.9 Å². The maximum atomic E-state index is 4.52. The van der Waals surface area contributed by atoms with Crippen LogP contribution in [0.3, 0.4) is 0 Å². The third kappa shape index (κ3) is 3.15. The largest absolute Gasteiger partial charge is 0.346 e. The number of rotatable bonds is 5. The minimum absolute atomic E-state index is 0.322. The standard InChI is InChI=1S/C15H15Br2N5/c1-2-11(3-4-13(16)17)22-8-10(7-21-22)14-12-5-6-18-15(12)20-9-19-14/h4-9,11H,2-3H2,1H3,(H,18,19,20). The number of hydrogen-bond acceptors (Lipinski definition) is 3. The topological polar surface area (TPSA) is 59.4 Å². The second-order valence-corrected chi connectivity index (χ2v) is 7.74. The minimum Gasteiger partial charge on any atom is -0.346 e. The number of allylic oxidation sites excluding steroid dienone is 1. The van der Waals surface area contributed by atoms with E-state index in [-0.39, 0.29) is 0 Å². The van der Waals surface area contributed by atoms with Crippen LogP contribution in [0.1, 0.15) is 25.8 Å². The van der Waals surface area contributed by atoms with E-state index in [4.69, 9.17) is 0 Å². The lowest BCUT2D eigenvalue weighted by molar-refractivity contribution is 0.445. The Morgan fingerprint density at radius 3 is 3.05 bits per heavy atom. The lowest BCUT2D eigenvalue weighted by Crippen LogP contribution is -2.07. The molecule has 0 bridgehead atoms. The van der Waals surface area contributed by atoms with Crippen molar-refractivity contribution in [2.75, 3.05) is 0 Å². The van der Waals surface area contributed by atoms with E-state index in [2.05, 4.69) is 71.1 Å². The van der Waals surface area contributed by atoms with Gasteiger partial charge in [0.25, 0.3) is 0 Å². The number of nitrogens with one attached hydrogen (secondary N) is 1. The highest BCUT2D eigenvalue weighted by atomic mass is 79.9. The molecular weight excluding hydrogens is 410 g/mol. The maximum Gasteiger partial charge on any atom is 0.141 e. The van der Waals surface area contributed by atoms with Gasteiger partial charge in [0, 0.05) is 23.3 Å². The van der Waals surface area contributed by atoms with Crippen LogP contribution in [0.4, 0.5) is 0 Å². The average molecular weight is 425 g/mol. The molecule has 0 saturated carbocycles. The summed E-state index contributed by atoms with van der Waals surface area (Å²) in [5, 5.41) is 5.53. The first-order valence-electron chi connectivity index (χ1n) is 7.02. The summed E-state index contributed by atoms with van der Waals surface area (Å²) >= 11 is 6.79. The molecular formula is C15H15Br2N5. The molecule has 0 saturated heterocycles. The van der Waals surface area contributed by atoms with E-state index in [0.717, 1.165) is 38.5 Å². The molecule has 3 heterocycles. The molecule has 0 aromatic carbocycles. The van der Waals surface area contributed by atoms with Gasteiger partial charge in [-0.05, 0) is 50.8 Å². The number of halogens is 2. The molecule has 0 amide bonds. The van der Waals surface area contributed by atoms with Gasteiger partial charge in [0.15, 0.2) is 0 Å². The van der Waals surface area contributed by atoms with Crippen LogP contribution in [0.5, 0.6) is 0 Å². The highest BCUT2D eigenvalue weighted by Gasteiger charge is 2.13. The molecule has 0 fully saturated rings. The van der Waals surface area contributed by atoms with Gasteiger partial charge < -0.3 is 4.98 Å². The number of aromatic amines is 1. The summed E-state index contributed by atoms with van der Waals surface area (Å²) < 4.78 is 2.98. The van der Waals surface area contributed by atoms with Crippen LogP contribution in [0.15, 0.2) is 40.5 Å². The lowest BCUT2D eigenvalue weighted by atomic mass is 10.1. The normalized spacial score (nSPS) is 12.5. The first kappa shape index (κ1) is 15.4. The van der Waals surface area contributed by atoms with Gasteiger partial charge >= 0.3 is 0 Å². The molecule has 0 aliphatic rings. The zero-order chi connectivity index (χ0) is 15.5. The molecule has 22 heavy (non-hydrogen) atoms. The predicted octanol–water partition coefficient (Wildman–Crippen LogP) is 4.79. The molecule has 0 spiro atoms. The predicted molar refractivity (Wildman–Crippen MR) is 95.0 cm³/mol. The molecule has 0 aliphatic carbocycles. The Bertz CT molecular complexity index is 801. The molecule has 1 N–H and O–H groups in total. The van der Waals surface area contributed by atoms with Crippen LogP contribution in [0, 0.1) is 0 Å². The van der Waals surface area contributed by atoms with Crippen molar-refractivity contribution in [2.45, 2.75) is 25.8 Å². The molecule has 5 nitrogen and oxygen atoms in total. The molecule has 1 unspecified atom stereocenters. The summed E-state index contributed by atoms with van der Waals surface area (Å²) in [6.07, 6.45) is 11.4. The Morgan fingerprint density at radius 2 is 2.27 bits per heavy atom. The van der Waals surface area contributed by atoms with Crippen molar-refractivity contribution >= 4 is 42.9 Å². The summed E-state index contributed by atoms with van der Waals surface area (Å²) in [5.41, 5.74) is 2.76. The minimum atomic E-state index is 0.322. The number of fused-ring (bicyclic) bond motifs is 1. The fourth-order valence-electron chi connectivity index (χ4n) is 2.45. The summed E-state index contributed by atoms with van der Waals surface area (Å²) in [4.78, 5) is 11.7. The van der Waals surface area contributed by atoms with Crippen molar-refractivity contribution < 1.29 is 0 Å². The summed E-state index contributed by atoms with van der Waals surface area (Å²) in [7, 11) is 0. The molecule has 3 aromatic heterocycles. The smallest absolute Gasteiger partial charge is 0.141 e. The Hall–Kier alpha value is -1.47. The van der Waals surface area contributed by atoms with E-state index < -0.39 is 0 Å². The highest BCUT2D eigenvalue weighted by molar-refractivity contribution is 9.28. The number of H-pyrrole nitrogens is 1. The average Bonchev–Trinajstić information content (AvgIpc) is 3.16. The lowest BCUT2D eigenvalue weighted by Gasteiger charge is -2.13. The van der Waals surface area contributed by atoms with Gasteiger partial charge in [0.2, 0.25) is 0 Å². The number of aromatic nitrogens is 5. The zero-order valence-corrected chi connectivity index (χ0v) is 15.2. The van der Waals surface area contributed by atoms with Gasteiger partial charge in [-0.15, -0.1) is 0 Å². The van der Waals surface area contributed by atoms with Crippen molar-refractivity contribution in [2.24, 2.45) is 0 Å². The van der Waals surface area contributed by atoms with Crippen molar-refractivity contribution in [3.63, 3.8) is 0 Å². The van der Waals surface area contributed by atoms with Gasteiger partial charge in [-0.25, -0.2) is 9.97 Å². The van der Waals surface area contributed by atoms with Crippen molar-refractivity contribution in [1.29, 1.82) is 0 Å². The maximum absolute atomic E-state index is 4.52. The Balaban J connectivity index is 1.93. The van der Waals surface area contributed by atoms with Crippen molar-refractivity contribution in [1.82, 2.24) is 24.7 Å². The van der Waals surface area contributed by atoms with Crippen LogP contribution in [0.25, 0.3) is 22.3 Å². The Labute approximate surface area is 145 Å². The highest BCUT2D eigenvalue weighted by Crippen LogP contribution is 2.27. The molecule has 0 aliphatic heterocycles. The van der Waals surface area contributed by atoms with E-state index in [1.807, 2.05) is 23.1 Å². The Kier molecular flexibility index (Phi) is 4.73. The second kappa shape index (κ2) is 6.75. The third-order valence-corrected chi connectivity index (χ3v) is 4.27. The first-order valence-corrected chi connectivity index (χ1v) is 8.61. The Morgan fingerprint density at radius 1 is 1.41 bits per heavy atom. The third-order valence-electron chi connectivity index (χ3n) is 3.62. The number of hydrogen-bond donors (Lipinski definition) is 1. The molecule has 3 aromatic rings. The van der Waals surface area contributed by atoms with Gasteiger partial charge in [-0.3, -0.25) is 4.68 Å². The number of nitrogens with zero attached hydrogens (tertiary/aromatic N) is 4. The van der Waals surface area contributed by atoms with E-state index in [1.54, 1.807) is 6.33 Å². The quantitative estimate of drug-likeness (QED) is 0.640. The zero-order valence-electron chi connectivity index (χ0n) is 12.0. The fraction of sp³-hybridized carbons (Fsp3) is 0.267. The first-order chi connectivity index (χ1) is 10.7. The monoisotopic (exact) mass is 423 g/mol. The van der Waals surface area contributed by atoms with Crippen molar-refractivity contribution in [3.05, 3.63) is 40.5 Å². The fourth-order valence-corrected chi connectivity index (χ4v) is 2.82. The summed E-state index contributed by atoms with van der Waals surface area (Å²) in [6, 6.07) is 2.31. The van der Waals surface area contributed by atoms with Crippen molar-refractivity contribution in [3.8, 4) is 11.3 Å². The van der Waals surface area contributed by atoms with Crippen LogP contribution < -0.4 is 0 Å². The molecule has 1 atom stereocenters. The summed E-state index contributed by atoms with van der Waals surface area (Å²) in [6.45, 7) is 2.16. The van der Waals surface area contributed by atoms with E-state index >= 15 is 0 Å². The molecule has 7 heteroatoms. The van der Waals surface area contributed by atoms with Crippen LogP contribution in [-0.2, 0) is 0 Å². The van der Waals surface area contributed by atoms with Crippen LogP contribution in [-0.4, -0.2) is 24.7 Å². The van der Waals surface area contributed by atoms with E-state index in [1.165, 1.54) is 0 Å².